The number of halogens is 1. The zero-order valence-corrected chi connectivity index (χ0v) is 21.6. The van der Waals surface area contributed by atoms with E-state index in [4.69, 9.17) is 14.5 Å². The minimum Gasteiger partial charge on any atom is -0.383 e. The maximum absolute atomic E-state index is 5.35. The van der Waals surface area contributed by atoms with Gasteiger partial charge in [0.2, 0.25) is 0 Å². The Hall–Kier alpha value is -1.43. The molecule has 1 heterocycles. The largest absolute Gasteiger partial charge is 0.383 e. The summed E-state index contributed by atoms with van der Waals surface area (Å²) in [6.07, 6.45) is 0.0212. The first-order chi connectivity index (χ1) is 14.1. The minimum absolute atomic E-state index is 0. The Labute approximate surface area is 201 Å². The van der Waals surface area contributed by atoms with Crippen LogP contribution in [0.15, 0.2) is 34.6 Å². The van der Waals surface area contributed by atoms with Crippen LogP contribution in [0.2, 0.25) is 0 Å². The number of methoxy groups -OCH3 is 2. The van der Waals surface area contributed by atoms with Crippen LogP contribution in [0.1, 0.15) is 36.2 Å². The van der Waals surface area contributed by atoms with Gasteiger partial charge in [-0.3, -0.25) is 0 Å². The maximum atomic E-state index is 5.35. The quantitative estimate of drug-likeness (QED) is 0.191. The molecule has 1 aromatic heterocycles. The number of anilines is 1. The lowest BCUT2D eigenvalue weighted by Gasteiger charge is -2.21. The standard InChI is InChI=1S/C21H33N5O2S.HI/c1-6-22-21(26(3)14-19-15-29-20(25-19)16(2)28-5)24-13-17-7-9-18(10-8-17)23-11-12-27-4;/h7-10,15-16,23H,6,11-14H2,1-5H3,(H,22,24);1H. The molecule has 0 saturated carbocycles. The molecule has 0 aliphatic heterocycles. The molecule has 2 aromatic rings. The highest BCUT2D eigenvalue weighted by Gasteiger charge is 2.12. The Kier molecular flexibility index (Phi) is 12.9. The summed E-state index contributed by atoms with van der Waals surface area (Å²) in [6, 6.07) is 8.35. The fourth-order valence-corrected chi connectivity index (χ4v) is 3.50. The van der Waals surface area contributed by atoms with Crippen LogP contribution in [0.5, 0.6) is 0 Å². The molecule has 2 N–H and O–H groups in total. The topological polar surface area (TPSA) is 71.0 Å². The number of aliphatic imine (C=N–C) groups is 1. The van der Waals surface area contributed by atoms with Gasteiger partial charge in [0, 0.05) is 45.4 Å². The lowest BCUT2D eigenvalue weighted by atomic mass is 10.2. The van der Waals surface area contributed by atoms with Gasteiger partial charge in [0.25, 0.3) is 0 Å². The van der Waals surface area contributed by atoms with Crippen molar-refractivity contribution in [1.82, 2.24) is 15.2 Å². The van der Waals surface area contributed by atoms with Gasteiger partial charge < -0.3 is 25.0 Å². The predicted octanol–water partition coefficient (Wildman–Crippen LogP) is 4.12. The maximum Gasteiger partial charge on any atom is 0.194 e. The lowest BCUT2D eigenvalue weighted by Crippen LogP contribution is -2.38. The SMILES string of the molecule is CCNC(=NCc1ccc(NCCOC)cc1)N(C)Cc1csc(C(C)OC)n1.I. The van der Waals surface area contributed by atoms with Gasteiger partial charge in [0.15, 0.2) is 5.96 Å². The van der Waals surface area contributed by atoms with Crippen molar-refractivity contribution in [2.75, 3.05) is 46.3 Å². The van der Waals surface area contributed by atoms with Crippen molar-refractivity contribution in [1.29, 1.82) is 0 Å². The molecule has 0 fully saturated rings. The van der Waals surface area contributed by atoms with Gasteiger partial charge in [0.05, 0.1) is 25.4 Å². The zero-order valence-electron chi connectivity index (χ0n) is 18.5. The molecule has 7 nitrogen and oxygen atoms in total. The molecular formula is C21H34IN5O2S. The van der Waals surface area contributed by atoms with Gasteiger partial charge in [-0.05, 0) is 31.5 Å². The number of thiazole rings is 1. The summed E-state index contributed by atoms with van der Waals surface area (Å²) in [5.41, 5.74) is 3.27. The molecule has 1 atom stereocenters. The van der Waals surface area contributed by atoms with Crippen LogP contribution in [0, 0.1) is 0 Å². The van der Waals surface area contributed by atoms with Crippen molar-refractivity contribution in [3.63, 3.8) is 0 Å². The van der Waals surface area contributed by atoms with Crippen LogP contribution in [0.25, 0.3) is 0 Å². The van der Waals surface area contributed by atoms with E-state index in [1.54, 1.807) is 25.6 Å². The average Bonchev–Trinajstić information content (AvgIpc) is 3.20. The Balaban J connectivity index is 0.00000450. The number of nitrogens with zero attached hydrogens (tertiary/aromatic N) is 3. The summed E-state index contributed by atoms with van der Waals surface area (Å²) in [4.78, 5) is 11.6. The van der Waals surface area contributed by atoms with Crippen LogP contribution < -0.4 is 10.6 Å². The molecule has 0 amide bonds. The van der Waals surface area contributed by atoms with Crippen LogP contribution in [0.3, 0.4) is 0 Å². The van der Waals surface area contributed by atoms with E-state index in [2.05, 4.69) is 57.1 Å². The van der Waals surface area contributed by atoms with Crippen molar-refractivity contribution >= 4 is 47.0 Å². The third-order valence-corrected chi connectivity index (χ3v) is 5.42. The van der Waals surface area contributed by atoms with E-state index >= 15 is 0 Å². The Morgan fingerprint density at radius 1 is 1.27 bits per heavy atom. The number of ether oxygens (including phenoxy) is 2. The second-order valence-corrected chi connectivity index (χ2v) is 7.59. The van der Waals surface area contributed by atoms with Crippen molar-refractivity contribution in [2.24, 2.45) is 4.99 Å². The molecule has 9 heteroatoms. The van der Waals surface area contributed by atoms with Crippen LogP contribution in [0.4, 0.5) is 5.69 Å². The van der Waals surface area contributed by atoms with Gasteiger partial charge in [0.1, 0.15) is 11.1 Å². The first kappa shape index (κ1) is 26.6. The lowest BCUT2D eigenvalue weighted by molar-refractivity contribution is 0.119. The van der Waals surface area contributed by atoms with Crippen molar-refractivity contribution in [2.45, 2.75) is 33.0 Å². The number of hydrogen-bond acceptors (Lipinski definition) is 6. The second kappa shape index (κ2) is 14.6. The molecule has 1 unspecified atom stereocenters. The molecule has 0 bridgehead atoms. The van der Waals surface area contributed by atoms with Gasteiger partial charge in [-0.1, -0.05) is 12.1 Å². The number of nitrogens with one attached hydrogen (secondary N) is 2. The van der Waals surface area contributed by atoms with Crippen LogP contribution >= 0.6 is 35.3 Å². The highest BCUT2D eigenvalue weighted by Crippen LogP contribution is 2.21. The van der Waals surface area contributed by atoms with Crippen LogP contribution in [-0.2, 0) is 22.6 Å². The summed E-state index contributed by atoms with van der Waals surface area (Å²) in [7, 11) is 5.44. The number of benzene rings is 1. The summed E-state index contributed by atoms with van der Waals surface area (Å²) in [5.74, 6) is 0.865. The normalized spacial score (nSPS) is 12.2. The fraction of sp³-hybridized carbons (Fsp3) is 0.524. The molecule has 0 spiro atoms. The summed E-state index contributed by atoms with van der Waals surface area (Å²) in [6.45, 7) is 7.70. The molecule has 0 aliphatic carbocycles. The van der Waals surface area contributed by atoms with Crippen molar-refractivity contribution in [3.05, 3.63) is 45.9 Å². The Bertz CT molecular complexity index is 754. The summed E-state index contributed by atoms with van der Waals surface area (Å²) in [5, 5.41) is 9.76. The van der Waals surface area contributed by atoms with E-state index < -0.39 is 0 Å². The number of hydrogen-bond donors (Lipinski definition) is 2. The number of guanidine groups is 1. The van der Waals surface area contributed by atoms with E-state index in [-0.39, 0.29) is 30.1 Å². The monoisotopic (exact) mass is 547 g/mol. The highest BCUT2D eigenvalue weighted by atomic mass is 127. The van der Waals surface area contributed by atoms with Gasteiger partial charge >= 0.3 is 0 Å². The second-order valence-electron chi connectivity index (χ2n) is 6.70. The van der Waals surface area contributed by atoms with Crippen molar-refractivity contribution in [3.8, 4) is 0 Å². The van der Waals surface area contributed by atoms with Gasteiger partial charge in [-0.15, -0.1) is 35.3 Å². The van der Waals surface area contributed by atoms with Crippen molar-refractivity contribution < 1.29 is 9.47 Å². The molecule has 2 rings (SSSR count). The molecule has 0 saturated heterocycles. The molecule has 30 heavy (non-hydrogen) atoms. The average molecular weight is 548 g/mol. The molecule has 0 aliphatic rings. The third kappa shape index (κ3) is 8.75. The van der Waals surface area contributed by atoms with E-state index in [1.165, 1.54) is 0 Å². The Morgan fingerprint density at radius 2 is 2.00 bits per heavy atom. The molecule has 0 radical (unpaired) electrons. The zero-order chi connectivity index (χ0) is 21.1. The number of aromatic nitrogens is 1. The fourth-order valence-electron chi connectivity index (χ4n) is 2.66. The van der Waals surface area contributed by atoms with Crippen LogP contribution in [-0.4, -0.2) is 56.8 Å². The van der Waals surface area contributed by atoms with Gasteiger partial charge in [-0.2, -0.15) is 0 Å². The first-order valence-corrected chi connectivity index (χ1v) is 10.7. The molecule has 168 valence electrons. The smallest absolute Gasteiger partial charge is 0.194 e. The number of rotatable bonds is 11. The summed E-state index contributed by atoms with van der Waals surface area (Å²) < 4.78 is 10.4. The third-order valence-electron chi connectivity index (χ3n) is 4.37. The predicted molar refractivity (Wildman–Crippen MR) is 136 cm³/mol. The van der Waals surface area contributed by atoms with E-state index in [0.717, 1.165) is 41.0 Å². The molecular weight excluding hydrogens is 513 g/mol. The highest BCUT2D eigenvalue weighted by molar-refractivity contribution is 14.0. The van der Waals surface area contributed by atoms with Gasteiger partial charge in [-0.25, -0.2) is 9.98 Å². The van der Waals surface area contributed by atoms with E-state index in [1.807, 2.05) is 14.0 Å². The first-order valence-electron chi connectivity index (χ1n) is 9.85. The van der Waals surface area contributed by atoms with E-state index in [9.17, 15) is 0 Å². The van der Waals surface area contributed by atoms with E-state index in [0.29, 0.717) is 19.7 Å². The molecule has 1 aromatic carbocycles. The minimum atomic E-state index is 0. The summed E-state index contributed by atoms with van der Waals surface area (Å²) >= 11 is 1.63. The Morgan fingerprint density at radius 3 is 2.63 bits per heavy atom.